The van der Waals surface area contributed by atoms with Crippen LogP contribution in [0.25, 0.3) is 61.3 Å². The summed E-state index contributed by atoms with van der Waals surface area (Å²) >= 11 is 6.33. The maximum Gasteiger partial charge on any atom is 0.0541 e. The van der Waals surface area contributed by atoms with E-state index in [1.54, 1.807) is 0 Å². The van der Waals surface area contributed by atoms with E-state index in [2.05, 4.69) is 150 Å². The number of benzene rings is 6. The average molecular weight is 651 g/mol. The monoisotopic (exact) mass is 650 g/mol. The third kappa shape index (κ3) is 4.40. The van der Waals surface area contributed by atoms with Crippen LogP contribution in [0.1, 0.15) is 53.1 Å². The smallest absolute Gasteiger partial charge is 0.0541 e. The van der Waals surface area contributed by atoms with E-state index >= 15 is 0 Å². The van der Waals surface area contributed by atoms with E-state index in [4.69, 9.17) is 11.6 Å². The Kier molecular flexibility index (Phi) is 6.51. The van der Waals surface area contributed by atoms with Gasteiger partial charge in [0.1, 0.15) is 0 Å². The normalized spacial score (nSPS) is 15.8. The van der Waals surface area contributed by atoms with Gasteiger partial charge in [-0.15, -0.1) is 0 Å². The van der Waals surface area contributed by atoms with Crippen LogP contribution in [0.2, 0.25) is 5.02 Å². The third-order valence-corrected chi connectivity index (χ3v) is 11.5. The molecule has 2 nitrogen and oxygen atoms in total. The molecule has 0 saturated carbocycles. The van der Waals surface area contributed by atoms with Crippen LogP contribution in [-0.2, 0) is 12.8 Å². The highest BCUT2D eigenvalue weighted by Gasteiger charge is 2.31. The Morgan fingerprint density at radius 1 is 0.633 bits per heavy atom. The lowest BCUT2D eigenvalue weighted by Gasteiger charge is -2.33. The van der Waals surface area contributed by atoms with Crippen molar-refractivity contribution < 1.29 is 0 Å². The van der Waals surface area contributed by atoms with Gasteiger partial charge in [0.05, 0.1) is 16.6 Å². The fraction of sp³-hybridized carbons (Fsp3) is 0.130. The lowest BCUT2D eigenvalue weighted by Crippen LogP contribution is -2.18. The van der Waals surface area contributed by atoms with Gasteiger partial charge in [0.15, 0.2) is 0 Å². The van der Waals surface area contributed by atoms with Crippen molar-refractivity contribution in [1.82, 2.24) is 9.13 Å². The second-order valence-electron chi connectivity index (χ2n) is 13.8. The first-order chi connectivity index (χ1) is 24.1. The molecule has 2 aromatic heterocycles. The van der Waals surface area contributed by atoms with Crippen LogP contribution in [0.15, 0.2) is 140 Å². The summed E-state index contributed by atoms with van der Waals surface area (Å²) < 4.78 is 4.97. The van der Waals surface area contributed by atoms with Gasteiger partial charge >= 0.3 is 0 Å². The Hall–Kier alpha value is -5.31. The molecule has 0 N–H and O–H groups in total. The molecular formula is C46H35ClN2. The van der Waals surface area contributed by atoms with Gasteiger partial charge < -0.3 is 9.13 Å². The van der Waals surface area contributed by atoms with E-state index in [1.165, 1.54) is 83.2 Å². The Labute approximate surface area is 291 Å². The van der Waals surface area contributed by atoms with Crippen molar-refractivity contribution in [3.8, 4) is 22.5 Å². The predicted octanol–water partition coefficient (Wildman–Crippen LogP) is 12.5. The molecule has 0 fully saturated rings. The Balaban J connectivity index is 1.20. The molecule has 0 amide bonds. The molecule has 2 heterocycles. The molecule has 2 aliphatic carbocycles. The molecule has 49 heavy (non-hydrogen) atoms. The molecular weight excluding hydrogens is 616 g/mol. The maximum absolute atomic E-state index is 6.33. The molecule has 0 saturated heterocycles. The van der Waals surface area contributed by atoms with Crippen molar-refractivity contribution in [2.24, 2.45) is 0 Å². The zero-order valence-electron chi connectivity index (χ0n) is 27.4. The van der Waals surface area contributed by atoms with Crippen LogP contribution in [0.4, 0.5) is 0 Å². The second-order valence-corrected chi connectivity index (χ2v) is 14.2. The summed E-state index contributed by atoms with van der Waals surface area (Å²) in [6.07, 6.45) is 7.75. The van der Waals surface area contributed by atoms with Crippen molar-refractivity contribution in [1.29, 1.82) is 0 Å². The quantitative estimate of drug-likeness (QED) is 0.179. The van der Waals surface area contributed by atoms with Gasteiger partial charge in [-0.3, -0.25) is 0 Å². The first kappa shape index (κ1) is 28.7. The minimum atomic E-state index is 0.331. The first-order valence-electron chi connectivity index (χ1n) is 17.4. The van der Waals surface area contributed by atoms with Crippen LogP contribution in [0, 0.1) is 0 Å². The van der Waals surface area contributed by atoms with E-state index < -0.39 is 0 Å². The summed E-state index contributed by atoms with van der Waals surface area (Å²) in [6, 6.07) is 49.4. The van der Waals surface area contributed by atoms with Crippen molar-refractivity contribution in [3.05, 3.63) is 173 Å². The standard InChI is InChI=1S/C46H35ClN2/c1-29(30-18-21-32(47)22-19-30)40-26-31-20-23-33(48-43-14-6-2-10-36(43)37-11-3-7-15-44(37)48)27-41(31)42-28-34(24-25-35(40)42)49-45-16-8-4-12-38(45)39-13-5-9-17-46(39)49/h2-8,10-16,18-25,27-29,40H,9,17,26H2,1H3. The summed E-state index contributed by atoms with van der Waals surface area (Å²) in [5.41, 5.74) is 15.8. The lowest BCUT2D eigenvalue weighted by molar-refractivity contribution is 0.568. The molecule has 0 spiro atoms. The molecule has 0 aliphatic heterocycles. The number of allylic oxidation sites excluding steroid dienone is 1. The van der Waals surface area contributed by atoms with E-state index in [-0.39, 0.29) is 0 Å². The zero-order valence-corrected chi connectivity index (χ0v) is 28.2. The number of fused-ring (bicyclic) bond motifs is 9. The maximum atomic E-state index is 6.33. The molecule has 6 aromatic carbocycles. The fourth-order valence-electron chi connectivity index (χ4n) is 8.83. The fourth-order valence-corrected chi connectivity index (χ4v) is 8.96. The van der Waals surface area contributed by atoms with Gasteiger partial charge in [-0.25, -0.2) is 0 Å². The molecule has 0 bridgehead atoms. The Morgan fingerprint density at radius 2 is 1.24 bits per heavy atom. The molecule has 8 aromatic rings. The first-order valence-corrected chi connectivity index (χ1v) is 17.8. The van der Waals surface area contributed by atoms with E-state index in [9.17, 15) is 0 Å². The van der Waals surface area contributed by atoms with Gasteiger partial charge in [-0.1, -0.05) is 110 Å². The van der Waals surface area contributed by atoms with E-state index in [0.29, 0.717) is 11.8 Å². The second kappa shape index (κ2) is 11.1. The largest absolute Gasteiger partial charge is 0.313 e. The molecule has 2 unspecified atom stereocenters. The summed E-state index contributed by atoms with van der Waals surface area (Å²) in [5.74, 6) is 0.674. The molecule has 236 valence electrons. The number of para-hydroxylation sites is 3. The minimum absolute atomic E-state index is 0.331. The molecule has 2 aliphatic rings. The SMILES string of the molecule is CC(c1ccc(Cl)cc1)C1Cc2ccc(-n3c4ccccc4c4ccccc43)cc2-c2cc(-n3c4c(c5ccccc53)C=CCC4)ccc21. The van der Waals surface area contributed by atoms with Gasteiger partial charge in [-0.2, -0.15) is 0 Å². The van der Waals surface area contributed by atoms with Crippen molar-refractivity contribution >= 4 is 50.4 Å². The Bertz CT molecular complexity index is 2560. The van der Waals surface area contributed by atoms with Crippen LogP contribution in [0.3, 0.4) is 0 Å². The van der Waals surface area contributed by atoms with Crippen LogP contribution < -0.4 is 0 Å². The summed E-state index contributed by atoms with van der Waals surface area (Å²) in [5, 5.41) is 4.68. The van der Waals surface area contributed by atoms with Crippen LogP contribution >= 0.6 is 11.6 Å². The number of hydrogen-bond donors (Lipinski definition) is 0. The highest BCUT2D eigenvalue weighted by Crippen LogP contribution is 2.48. The third-order valence-electron chi connectivity index (χ3n) is 11.2. The van der Waals surface area contributed by atoms with Crippen molar-refractivity contribution in [2.75, 3.05) is 0 Å². The predicted molar refractivity (Wildman–Crippen MR) is 207 cm³/mol. The topological polar surface area (TPSA) is 9.86 Å². The van der Waals surface area contributed by atoms with Crippen molar-refractivity contribution in [2.45, 2.75) is 38.0 Å². The van der Waals surface area contributed by atoms with Gasteiger partial charge in [0, 0.05) is 43.8 Å². The Morgan fingerprint density at radius 3 is 1.98 bits per heavy atom. The molecule has 10 rings (SSSR count). The minimum Gasteiger partial charge on any atom is -0.313 e. The van der Waals surface area contributed by atoms with Gasteiger partial charge in [0.2, 0.25) is 0 Å². The van der Waals surface area contributed by atoms with Crippen molar-refractivity contribution in [3.63, 3.8) is 0 Å². The highest BCUT2D eigenvalue weighted by atomic mass is 35.5. The summed E-state index contributed by atoms with van der Waals surface area (Å²) in [7, 11) is 0. The lowest BCUT2D eigenvalue weighted by atomic mass is 9.71. The number of hydrogen-bond acceptors (Lipinski definition) is 0. The zero-order chi connectivity index (χ0) is 32.6. The van der Waals surface area contributed by atoms with Crippen LogP contribution in [-0.4, -0.2) is 9.13 Å². The van der Waals surface area contributed by atoms with Crippen LogP contribution in [0.5, 0.6) is 0 Å². The number of rotatable bonds is 4. The molecule has 0 radical (unpaired) electrons. The van der Waals surface area contributed by atoms with Gasteiger partial charge in [-0.05, 0) is 114 Å². The van der Waals surface area contributed by atoms with E-state index in [0.717, 1.165) is 24.3 Å². The number of aromatic nitrogens is 2. The van der Waals surface area contributed by atoms with E-state index in [1.807, 2.05) is 12.1 Å². The highest BCUT2D eigenvalue weighted by molar-refractivity contribution is 6.30. The molecule has 2 atom stereocenters. The summed E-state index contributed by atoms with van der Waals surface area (Å²) in [6.45, 7) is 2.38. The molecule has 3 heteroatoms. The number of halogens is 1. The summed E-state index contributed by atoms with van der Waals surface area (Å²) in [4.78, 5) is 0. The number of nitrogens with zero attached hydrogens (tertiary/aromatic N) is 2. The van der Waals surface area contributed by atoms with Gasteiger partial charge in [0.25, 0.3) is 0 Å². The average Bonchev–Trinajstić information content (AvgIpc) is 3.67.